The Morgan fingerprint density at radius 2 is 2.29 bits per heavy atom. The van der Waals surface area contributed by atoms with Crippen LogP contribution in [0.3, 0.4) is 0 Å². The number of thiazole rings is 1. The van der Waals surface area contributed by atoms with Crippen molar-refractivity contribution in [3.05, 3.63) is 29.5 Å². The quantitative estimate of drug-likeness (QED) is 0.753. The number of nitrogens with one attached hydrogen (secondary N) is 1. The van der Waals surface area contributed by atoms with Crippen molar-refractivity contribution in [3.8, 4) is 22.0 Å². The lowest BCUT2D eigenvalue weighted by molar-refractivity contribution is 0.756. The Hall–Kier alpha value is -1.95. The van der Waals surface area contributed by atoms with Gasteiger partial charge in [-0.05, 0) is 13.0 Å². The maximum absolute atomic E-state index is 4.59. The minimum atomic E-state index is 0.945. The first-order valence-electron chi connectivity index (χ1n) is 5.20. The lowest BCUT2D eigenvalue weighted by Crippen LogP contribution is -1.86. The third-order valence-corrected chi connectivity index (χ3v) is 3.40. The standard InChI is InChI=1S/C11H11N5S/c1-7-8(5-16(2)15-7)10-6-17-11(13-10)9-3-4-12-14-9/h3-6H,1-2H3,(H,12,14). The molecule has 17 heavy (non-hydrogen) atoms. The molecule has 0 amide bonds. The summed E-state index contributed by atoms with van der Waals surface area (Å²) in [6, 6.07) is 1.92. The largest absolute Gasteiger partial charge is 0.275 e. The monoisotopic (exact) mass is 245 g/mol. The van der Waals surface area contributed by atoms with E-state index in [0.29, 0.717) is 0 Å². The number of aromatic nitrogens is 5. The van der Waals surface area contributed by atoms with Crippen LogP contribution in [0.15, 0.2) is 23.8 Å². The number of aromatic amines is 1. The predicted octanol–water partition coefficient (Wildman–Crippen LogP) is 2.24. The predicted molar refractivity (Wildman–Crippen MR) is 66.6 cm³/mol. The van der Waals surface area contributed by atoms with E-state index in [1.54, 1.807) is 22.2 Å². The molecular formula is C11H11N5S. The van der Waals surface area contributed by atoms with Crippen molar-refractivity contribution in [2.75, 3.05) is 0 Å². The van der Waals surface area contributed by atoms with Crippen molar-refractivity contribution in [1.82, 2.24) is 25.0 Å². The van der Waals surface area contributed by atoms with Crippen LogP contribution < -0.4 is 0 Å². The third-order valence-electron chi connectivity index (χ3n) is 2.52. The van der Waals surface area contributed by atoms with E-state index in [0.717, 1.165) is 27.7 Å². The van der Waals surface area contributed by atoms with Gasteiger partial charge in [-0.3, -0.25) is 9.78 Å². The molecular weight excluding hydrogens is 234 g/mol. The second-order valence-electron chi connectivity index (χ2n) is 3.81. The summed E-state index contributed by atoms with van der Waals surface area (Å²) in [6.45, 7) is 1.99. The SMILES string of the molecule is Cc1nn(C)cc1-c1csc(-c2ccn[nH]2)n1. The van der Waals surface area contributed by atoms with Crippen LogP contribution in [-0.2, 0) is 7.05 Å². The van der Waals surface area contributed by atoms with E-state index in [-0.39, 0.29) is 0 Å². The Kier molecular flexibility index (Phi) is 2.29. The van der Waals surface area contributed by atoms with Gasteiger partial charge in [0, 0.05) is 30.4 Å². The average molecular weight is 245 g/mol. The van der Waals surface area contributed by atoms with E-state index in [4.69, 9.17) is 0 Å². The highest BCUT2D eigenvalue weighted by atomic mass is 32.1. The molecule has 1 N–H and O–H groups in total. The van der Waals surface area contributed by atoms with E-state index < -0.39 is 0 Å². The number of H-pyrrole nitrogens is 1. The Morgan fingerprint density at radius 3 is 2.94 bits per heavy atom. The molecule has 0 bridgehead atoms. The zero-order valence-electron chi connectivity index (χ0n) is 9.51. The molecule has 3 aromatic rings. The first kappa shape index (κ1) is 10.2. The minimum absolute atomic E-state index is 0.945. The summed E-state index contributed by atoms with van der Waals surface area (Å²) in [5.74, 6) is 0. The van der Waals surface area contributed by atoms with Crippen molar-refractivity contribution in [1.29, 1.82) is 0 Å². The van der Waals surface area contributed by atoms with Crippen molar-refractivity contribution in [2.24, 2.45) is 7.05 Å². The van der Waals surface area contributed by atoms with Crippen LogP contribution in [0.5, 0.6) is 0 Å². The van der Waals surface area contributed by atoms with Gasteiger partial charge in [0.05, 0.1) is 17.1 Å². The number of rotatable bonds is 2. The van der Waals surface area contributed by atoms with Crippen LogP contribution in [0.1, 0.15) is 5.69 Å². The summed E-state index contributed by atoms with van der Waals surface area (Å²) in [7, 11) is 1.92. The molecule has 0 aliphatic rings. The van der Waals surface area contributed by atoms with Gasteiger partial charge in [0.1, 0.15) is 5.01 Å². The van der Waals surface area contributed by atoms with E-state index in [2.05, 4.69) is 20.3 Å². The molecule has 0 spiro atoms. The summed E-state index contributed by atoms with van der Waals surface area (Å²) in [4.78, 5) is 4.59. The second-order valence-corrected chi connectivity index (χ2v) is 4.67. The zero-order valence-corrected chi connectivity index (χ0v) is 10.3. The van der Waals surface area contributed by atoms with Crippen LogP contribution in [0.4, 0.5) is 0 Å². The fourth-order valence-electron chi connectivity index (χ4n) is 1.75. The van der Waals surface area contributed by atoms with Gasteiger partial charge in [0.25, 0.3) is 0 Å². The highest BCUT2D eigenvalue weighted by molar-refractivity contribution is 7.13. The molecule has 86 valence electrons. The topological polar surface area (TPSA) is 59.4 Å². The highest BCUT2D eigenvalue weighted by Crippen LogP contribution is 2.28. The molecule has 0 saturated carbocycles. The number of nitrogens with zero attached hydrogens (tertiary/aromatic N) is 4. The molecule has 0 aliphatic carbocycles. The smallest absolute Gasteiger partial charge is 0.141 e. The highest BCUT2D eigenvalue weighted by Gasteiger charge is 2.11. The minimum Gasteiger partial charge on any atom is -0.275 e. The Bertz CT molecular complexity index is 635. The first-order chi connectivity index (χ1) is 8.24. The fourth-order valence-corrected chi connectivity index (χ4v) is 2.54. The Morgan fingerprint density at radius 1 is 1.41 bits per heavy atom. The van der Waals surface area contributed by atoms with Gasteiger partial charge in [-0.2, -0.15) is 10.2 Å². The Labute approximate surface area is 102 Å². The van der Waals surface area contributed by atoms with Crippen molar-refractivity contribution in [3.63, 3.8) is 0 Å². The van der Waals surface area contributed by atoms with Crippen LogP contribution in [0.25, 0.3) is 22.0 Å². The molecule has 0 radical (unpaired) electrons. The molecule has 5 nitrogen and oxygen atoms in total. The zero-order chi connectivity index (χ0) is 11.8. The first-order valence-corrected chi connectivity index (χ1v) is 6.08. The maximum atomic E-state index is 4.59. The van der Waals surface area contributed by atoms with Crippen molar-refractivity contribution in [2.45, 2.75) is 6.92 Å². The Balaban J connectivity index is 2.03. The summed E-state index contributed by atoms with van der Waals surface area (Å²) in [6.07, 6.45) is 3.72. The molecule has 0 aliphatic heterocycles. The molecule has 0 fully saturated rings. The number of hydrogen-bond acceptors (Lipinski definition) is 4. The molecule has 0 saturated heterocycles. The van der Waals surface area contributed by atoms with Gasteiger partial charge in [-0.25, -0.2) is 4.98 Å². The van der Waals surface area contributed by atoms with Crippen LogP contribution in [0, 0.1) is 6.92 Å². The van der Waals surface area contributed by atoms with Gasteiger partial charge in [-0.15, -0.1) is 11.3 Å². The molecule has 0 unspecified atom stereocenters. The number of hydrogen-bond donors (Lipinski definition) is 1. The lowest BCUT2D eigenvalue weighted by Gasteiger charge is -1.91. The molecule has 6 heteroatoms. The average Bonchev–Trinajstić information content (AvgIpc) is 2.97. The molecule has 0 atom stereocenters. The summed E-state index contributed by atoms with van der Waals surface area (Å²) >= 11 is 1.60. The van der Waals surface area contributed by atoms with E-state index in [1.807, 2.05) is 31.6 Å². The molecule has 3 rings (SSSR count). The van der Waals surface area contributed by atoms with E-state index in [9.17, 15) is 0 Å². The van der Waals surface area contributed by atoms with E-state index in [1.165, 1.54) is 0 Å². The van der Waals surface area contributed by atoms with Gasteiger partial charge in [-0.1, -0.05) is 0 Å². The van der Waals surface area contributed by atoms with Gasteiger partial charge in [0.2, 0.25) is 0 Å². The summed E-state index contributed by atoms with van der Waals surface area (Å²) < 4.78 is 1.81. The third kappa shape index (κ3) is 1.76. The normalized spacial score (nSPS) is 10.9. The summed E-state index contributed by atoms with van der Waals surface area (Å²) in [5.41, 5.74) is 3.98. The maximum Gasteiger partial charge on any atom is 0.141 e. The second kappa shape index (κ2) is 3.81. The van der Waals surface area contributed by atoms with Crippen LogP contribution in [0.2, 0.25) is 0 Å². The van der Waals surface area contributed by atoms with Gasteiger partial charge < -0.3 is 0 Å². The fraction of sp³-hybridized carbons (Fsp3) is 0.182. The van der Waals surface area contributed by atoms with Gasteiger partial charge >= 0.3 is 0 Å². The lowest BCUT2D eigenvalue weighted by atomic mass is 10.2. The van der Waals surface area contributed by atoms with Gasteiger partial charge in [0.15, 0.2) is 0 Å². The molecule has 3 aromatic heterocycles. The van der Waals surface area contributed by atoms with E-state index >= 15 is 0 Å². The molecule has 0 aromatic carbocycles. The van der Waals surface area contributed by atoms with Crippen molar-refractivity contribution >= 4 is 11.3 Å². The van der Waals surface area contributed by atoms with Crippen LogP contribution >= 0.6 is 11.3 Å². The summed E-state index contributed by atoms with van der Waals surface area (Å²) in [5, 5.41) is 14.2. The molecule has 3 heterocycles. The number of aryl methyl sites for hydroxylation is 2. The van der Waals surface area contributed by atoms with Crippen molar-refractivity contribution < 1.29 is 0 Å². The van der Waals surface area contributed by atoms with Crippen LogP contribution in [-0.4, -0.2) is 25.0 Å².